The molecule has 1 aromatic carbocycles. The van der Waals surface area contributed by atoms with Gasteiger partial charge in [0.05, 0.1) is 29.2 Å². The van der Waals surface area contributed by atoms with Crippen molar-refractivity contribution in [1.82, 2.24) is 14.8 Å². The Labute approximate surface area is 175 Å². The van der Waals surface area contributed by atoms with Gasteiger partial charge in [0.1, 0.15) is 0 Å². The minimum Gasteiger partial charge on any atom is -0.282 e. The van der Waals surface area contributed by atoms with Gasteiger partial charge in [0.25, 0.3) is 0 Å². The number of benzene rings is 1. The molecule has 148 valence electrons. The summed E-state index contributed by atoms with van der Waals surface area (Å²) in [4.78, 5) is 4.80. The van der Waals surface area contributed by atoms with E-state index >= 15 is 0 Å². The number of aryl methyl sites for hydroxylation is 1. The molecule has 1 aromatic heterocycles. The Balaban J connectivity index is 1.55. The fourth-order valence-electron chi connectivity index (χ4n) is 5.09. The number of likely N-dealkylation sites (N-methyl/N-ethyl adjacent to an activating group) is 1. The summed E-state index contributed by atoms with van der Waals surface area (Å²) in [5.41, 5.74) is 6.04. The topological polar surface area (TPSA) is 36.7 Å². The van der Waals surface area contributed by atoms with Crippen LogP contribution in [0.15, 0.2) is 58.4 Å². The molecular weight excluding hydrogens is 382 g/mol. The van der Waals surface area contributed by atoms with Gasteiger partial charge in [-0.2, -0.15) is 5.10 Å². The molecule has 1 fully saturated rings. The van der Waals surface area contributed by atoms with E-state index in [0.29, 0.717) is 0 Å². The standard InChI is InChI=1S/C23H24ClN5/c1-27-21-13-16(24)8-9-17(21)23(26-27)29-22(19-4-3-11-25-19)18-12-15(14-5-6-14)7-10-20(18)28(29)2/h3-4,8-10,13-15H,5-7,11-12H2,1-2H3. The van der Waals surface area contributed by atoms with Gasteiger partial charge in [-0.05, 0) is 61.8 Å². The summed E-state index contributed by atoms with van der Waals surface area (Å²) in [5, 5.41) is 11.3. The molecule has 0 radical (unpaired) electrons. The predicted molar refractivity (Wildman–Crippen MR) is 118 cm³/mol. The molecule has 2 aliphatic carbocycles. The molecule has 1 unspecified atom stereocenters. The Bertz CT molecular complexity index is 1150. The lowest BCUT2D eigenvalue weighted by atomic mass is 9.84. The Hall–Kier alpha value is -2.53. The summed E-state index contributed by atoms with van der Waals surface area (Å²) < 4.78 is 1.92. The van der Waals surface area contributed by atoms with E-state index in [1.54, 1.807) is 0 Å². The maximum Gasteiger partial charge on any atom is 0.182 e. The first-order valence-corrected chi connectivity index (χ1v) is 10.8. The van der Waals surface area contributed by atoms with Gasteiger partial charge < -0.3 is 0 Å². The minimum absolute atomic E-state index is 0.729. The van der Waals surface area contributed by atoms with Crippen molar-refractivity contribution in [2.45, 2.75) is 25.7 Å². The molecule has 4 aliphatic rings. The number of hydrazine groups is 1. The zero-order chi connectivity index (χ0) is 19.7. The van der Waals surface area contributed by atoms with Crippen molar-refractivity contribution in [1.29, 1.82) is 0 Å². The second-order valence-electron chi connectivity index (χ2n) is 8.53. The van der Waals surface area contributed by atoms with Gasteiger partial charge in [0, 0.05) is 30.1 Å². The van der Waals surface area contributed by atoms with Gasteiger partial charge in [-0.1, -0.05) is 23.8 Å². The highest BCUT2D eigenvalue weighted by molar-refractivity contribution is 6.31. The first-order chi connectivity index (χ1) is 14.1. The van der Waals surface area contributed by atoms with Crippen molar-refractivity contribution < 1.29 is 0 Å². The maximum atomic E-state index is 6.26. The molecule has 0 spiro atoms. The Morgan fingerprint density at radius 1 is 1.14 bits per heavy atom. The van der Waals surface area contributed by atoms with Gasteiger partial charge in [-0.15, -0.1) is 0 Å². The number of hydrogen-bond donors (Lipinski definition) is 0. The van der Waals surface area contributed by atoms with Crippen molar-refractivity contribution in [3.63, 3.8) is 0 Å². The summed E-state index contributed by atoms with van der Waals surface area (Å²) in [6.07, 6.45) is 11.8. The van der Waals surface area contributed by atoms with Crippen LogP contribution in [0.5, 0.6) is 0 Å². The van der Waals surface area contributed by atoms with Gasteiger partial charge in [0.15, 0.2) is 5.82 Å². The molecular formula is C23H24ClN5. The molecule has 1 atom stereocenters. The molecule has 29 heavy (non-hydrogen) atoms. The summed E-state index contributed by atoms with van der Waals surface area (Å²) in [5.74, 6) is 2.60. The monoisotopic (exact) mass is 405 g/mol. The van der Waals surface area contributed by atoms with E-state index in [4.69, 9.17) is 21.7 Å². The van der Waals surface area contributed by atoms with E-state index in [-0.39, 0.29) is 0 Å². The lowest BCUT2D eigenvalue weighted by Gasteiger charge is -2.30. The molecule has 0 bridgehead atoms. The van der Waals surface area contributed by atoms with Crippen LogP contribution in [0.2, 0.25) is 5.02 Å². The molecule has 2 aromatic rings. The molecule has 0 amide bonds. The van der Waals surface area contributed by atoms with Crippen LogP contribution < -0.4 is 5.01 Å². The highest BCUT2D eigenvalue weighted by atomic mass is 35.5. The van der Waals surface area contributed by atoms with E-state index < -0.39 is 0 Å². The van der Waals surface area contributed by atoms with E-state index in [1.165, 1.54) is 36.2 Å². The number of aromatic nitrogens is 2. The Morgan fingerprint density at radius 3 is 2.76 bits per heavy atom. The molecule has 0 saturated heterocycles. The second-order valence-corrected chi connectivity index (χ2v) is 8.96. The SMILES string of the molecule is CN1C2=CCC(C3CC3)CC2=C(C2=NCC=C2)N1c1nn(C)c2cc(Cl)ccc12. The zero-order valence-corrected chi connectivity index (χ0v) is 17.5. The third kappa shape index (κ3) is 2.60. The maximum absolute atomic E-state index is 6.26. The molecule has 2 aliphatic heterocycles. The largest absolute Gasteiger partial charge is 0.282 e. The van der Waals surface area contributed by atoms with E-state index in [2.05, 4.69) is 41.4 Å². The normalized spacial score (nSPS) is 23.9. The number of nitrogens with zero attached hydrogens (tertiary/aromatic N) is 5. The van der Waals surface area contributed by atoms with Crippen molar-refractivity contribution in [2.75, 3.05) is 18.6 Å². The van der Waals surface area contributed by atoms with Crippen LogP contribution in [0.1, 0.15) is 25.7 Å². The predicted octanol–water partition coefficient (Wildman–Crippen LogP) is 4.86. The average Bonchev–Trinajstić information content (AvgIpc) is 3.23. The van der Waals surface area contributed by atoms with Crippen LogP contribution in [0, 0.1) is 11.8 Å². The number of hydrogen-bond acceptors (Lipinski definition) is 4. The van der Waals surface area contributed by atoms with Crippen LogP contribution in [-0.2, 0) is 7.05 Å². The van der Waals surface area contributed by atoms with Crippen molar-refractivity contribution in [3.05, 3.63) is 58.4 Å². The smallest absolute Gasteiger partial charge is 0.182 e. The molecule has 1 saturated carbocycles. The lowest BCUT2D eigenvalue weighted by Crippen LogP contribution is -2.35. The van der Waals surface area contributed by atoms with E-state index in [9.17, 15) is 0 Å². The first-order valence-electron chi connectivity index (χ1n) is 10.4. The fraction of sp³-hybridized carbons (Fsp3) is 0.391. The Morgan fingerprint density at radius 2 is 2.00 bits per heavy atom. The highest BCUT2D eigenvalue weighted by Crippen LogP contribution is 2.50. The van der Waals surface area contributed by atoms with E-state index in [0.717, 1.165) is 52.3 Å². The average molecular weight is 406 g/mol. The molecule has 6 heteroatoms. The Kier molecular flexibility index (Phi) is 3.73. The zero-order valence-electron chi connectivity index (χ0n) is 16.8. The molecule has 0 N–H and O–H groups in total. The van der Waals surface area contributed by atoms with Crippen LogP contribution in [-0.4, -0.2) is 34.1 Å². The van der Waals surface area contributed by atoms with E-state index in [1.807, 2.05) is 23.9 Å². The number of rotatable bonds is 3. The lowest BCUT2D eigenvalue weighted by molar-refractivity contribution is 0.406. The number of allylic oxidation sites excluding steroid dienone is 3. The van der Waals surface area contributed by atoms with Gasteiger partial charge in [0.2, 0.25) is 0 Å². The van der Waals surface area contributed by atoms with Gasteiger partial charge >= 0.3 is 0 Å². The molecule has 3 heterocycles. The second kappa shape index (κ2) is 6.23. The van der Waals surface area contributed by atoms with Crippen LogP contribution in [0.4, 0.5) is 5.82 Å². The highest BCUT2D eigenvalue weighted by Gasteiger charge is 2.42. The first kappa shape index (κ1) is 17.3. The molecule has 6 rings (SSSR count). The number of anilines is 1. The summed E-state index contributed by atoms with van der Waals surface area (Å²) in [6.45, 7) is 0.757. The number of fused-ring (bicyclic) bond motifs is 2. The third-order valence-electron chi connectivity index (χ3n) is 6.70. The van der Waals surface area contributed by atoms with Crippen LogP contribution in [0.3, 0.4) is 0 Å². The van der Waals surface area contributed by atoms with Crippen molar-refractivity contribution in [2.24, 2.45) is 23.9 Å². The minimum atomic E-state index is 0.729. The fourth-order valence-corrected chi connectivity index (χ4v) is 5.26. The molecule has 5 nitrogen and oxygen atoms in total. The third-order valence-corrected chi connectivity index (χ3v) is 6.94. The van der Waals surface area contributed by atoms with Crippen LogP contribution >= 0.6 is 11.6 Å². The quantitative estimate of drug-likeness (QED) is 0.731. The summed E-state index contributed by atoms with van der Waals surface area (Å²) in [6, 6.07) is 6.00. The van der Waals surface area contributed by atoms with Crippen molar-refractivity contribution >= 4 is 34.0 Å². The van der Waals surface area contributed by atoms with Crippen molar-refractivity contribution in [3.8, 4) is 0 Å². The number of halogens is 1. The van der Waals surface area contributed by atoms with Gasteiger partial charge in [-0.25, -0.2) is 5.01 Å². The van der Waals surface area contributed by atoms with Gasteiger partial charge in [-0.3, -0.25) is 14.7 Å². The van der Waals surface area contributed by atoms with Crippen LogP contribution in [0.25, 0.3) is 10.9 Å². The summed E-state index contributed by atoms with van der Waals surface area (Å²) in [7, 11) is 4.12. The summed E-state index contributed by atoms with van der Waals surface area (Å²) >= 11 is 6.26. The number of aliphatic imine (C=N–C) groups is 1.